The molecule has 0 amide bonds. The summed E-state index contributed by atoms with van der Waals surface area (Å²) in [4.78, 5) is 0.119. The van der Waals surface area contributed by atoms with Gasteiger partial charge in [-0.15, -0.1) is 11.6 Å². The van der Waals surface area contributed by atoms with Gasteiger partial charge in [0.15, 0.2) is 0 Å². The summed E-state index contributed by atoms with van der Waals surface area (Å²) >= 11 is 5.66. The fourth-order valence-electron chi connectivity index (χ4n) is 1.47. The molecule has 17 heavy (non-hydrogen) atoms. The molecule has 0 saturated carbocycles. The molecule has 0 aliphatic carbocycles. The van der Waals surface area contributed by atoms with E-state index in [2.05, 4.69) is 4.72 Å². The zero-order chi connectivity index (χ0) is 12.9. The summed E-state index contributed by atoms with van der Waals surface area (Å²) < 4.78 is 26.3. The van der Waals surface area contributed by atoms with Crippen molar-refractivity contribution in [3.63, 3.8) is 0 Å². The Morgan fingerprint density at radius 3 is 2.65 bits per heavy atom. The lowest BCUT2D eigenvalue weighted by atomic mass is 10.0. The van der Waals surface area contributed by atoms with Gasteiger partial charge in [-0.3, -0.25) is 0 Å². The van der Waals surface area contributed by atoms with Crippen LogP contribution in [0.1, 0.15) is 18.4 Å². The summed E-state index contributed by atoms with van der Waals surface area (Å²) in [7, 11) is -3.57. The van der Waals surface area contributed by atoms with Crippen LogP contribution in [-0.4, -0.2) is 20.8 Å². The second-order valence-electron chi connectivity index (χ2n) is 3.38. The van der Waals surface area contributed by atoms with Gasteiger partial charge in [-0.1, -0.05) is 25.1 Å². The van der Waals surface area contributed by atoms with E-state index in [1.165, 1.54) is 6.07 Å². The van der Waals surface area contributed by atoms with Gasteiger partial charge in [-0.05, 0) is 11.6 Å². The van der Waals surface area contributed by atoms with E-state index >= 15 is 0 Å². The van der Waals surface area contributed by atoms with E-state index in [-0.39, 0.29) is 10.8 Å². The van der Waals surface area contributed by atoms with Gasteiger partial charge in [0, 0.05) is 12.4 Å². The molecule has 1 atom stereocenters. The average Bonchev–Trinajstić information content (AvgIpc) is 2.31. The Kier molecular flexibility index (Phi) is 4.94. The minimum Gasteiger partial charge on any atom is -0.211 e. The predicted octanol–water partition coefficient (Wildman–Crippen LogP) is 1.83. The molecule has 1 unspecified atom stereocenters. The van der Waals surface area contributed by atoms with Crippen LogP contribution in [-0.2, 0) is 10.0 Å². The van der Waals surface area contributed by atoms with Crippen LogP contribution in [0.5, 0.6) is 0 Å². The zero-order valence-electron chi connectivity index (χ0n) is 9.35. The van der Waals surface area contributed by atoms with E-state index < -0.39 is 15.9 Å². The van der Waals surface area contributed by atoms with Crippen LogP contribution < -0.4 is 4.72 Å². The van der Waals surface area contributed by atoms with Gasteiger partial charge < -0.3 is 0 Å². The first-order valence-corrected chi connectivity index (χ1v) is 7.12. The van der Waals surface area contributed by atoms with E-state index in [0.717, 1.165) is 0 Å². The third-order valence-corrected chi connectivity index (χ3v) is 4.16. The molecule has 4 nitrogen and oxygen atoms in total. The molecule has 0 aromatic heterocycles. The molecule has 0 radical (unpaired) electrons. The number of nitriles is 1. The first-order chi connectivity index (χ1) is 8.06. The van der Waals surface area contributed by atoms with Crippen molar-refractivity contribution in [1.82, 2.24) is 4.72 Å². The monoisotopic (exact) mass is 272 g/mol. The van der Waals surface area contributed by atoms with Crippen LogP contribution in [0.3, 0.4) is 0 Å². The van der Waals surface area contributed by atoms with E-state index in [1.807, 2.05) is 6.07 Å². The van der Waals surface area contributed by atoms with Crippen LogP contribution in [0.2, 0.25) is 0 Å². The van der Waals surface area contributed by atoms with E-state index in [9.17, 15) is 8.42 Å². The smallest absolute Gasteiger partial charge is 0.211 e. The Bertz CT molecular complexity index is 523. The molecular formula is C11H13ClN2O2S. The molecule has 0 saturated heterocycles. The van der Waals surface area contributed by atoms with E-state index in [4.69, 9.17) is 16.9 Å². The summed E-state index contributed by atoms with van der Waals surface area (Å²) in [6, 6.07) is 8.40. The molecule has 1 aromatic carbocycles. The molecule has 1 N–H and O–H groups in total. The largest absolute Gasteiger partial charge is 0.240 e. The molecule has 0 fully saturated rings. The van der Waals surface area contributed by atoms with Crippen molar-refractivity contribution < 1.29 is 8.42 Å². The molecule has 6 heteroatoms. The maximum Gasteiger partial charge on any atom is 0.240 e. The molecule has 92 valence electrons. The third kappa shape index (κ3) is 3.19. The Morgan fingerprint density at radius 1 is 1.47 bits per heavy atom. The van der Waals surface area contributed by atoms with Crippen molar-refractivity contribution in [3.05, 3.63) is 29.8 Å². The number of nitrogens with zero attached hydrogens (tertiary/aromatic N) is 1. The Morgan fingerprint density at radius 2 is 2.12 bits per heavy atom. The maximum absolute atomic E-state index is 11.9. The van der Waals surface area contributed by atoms with Crippen LogP contribution in [0.15, 0.2) is 29.2 Å². The molecule has 0 aliphatic heterocycles. The third-order valence-electron chi connectivity index (χ3n) is 2.23. The SMILES string of the molecule is CCNS(=O)(=O)c1ccccc1C(C#N)CCl. The highest BCUT2D eigenvalue weighted by atomic mass is 35.5. The lowest BCUT2D eigenvalue weighted by molar-refractivity contribution is 0.582. The molecule has 0 bridgehead atoms. The normalized spacial score (nSPS) is 13.0. The topological polar surface area (TPSA) is 70.0 Å². The minimum absolute atomic E-state index is 0.0646. The number of sulfonamides is 1. The second-order valence-corrected chi connectivity index (χ2v) is 5.42. The summed E-state index contributed by atoms with van der Waals surface area (Å²) in [5, 5.41) is 8.95. The van der Waals surface area contributed by atoms with Crippen LogP contribution in [0.25, 0.3) is 0 Å². The van der Waals surface area contributed by atoms with Gasteiger partial charge in [-0.25, -0.2) is 13.1 Å². The summed E-state index contributed by atoms with van der Waals surface area (Å²) in [5.74, 6) is -0.559. The van der Waals surface area contributed by atoms with Gasteiger partial charge in [0.2, 0.25) is 10.0 Å². The number of benzene rings is 1. The average molecular weight is 273 g/mol. The first-order valence-electron chi connectivity index (χ1n) is 5.11. The van der Waals surface area contributed by atoms with Crippen molar-refractivity contribution in [2.75, 3.05) is 12.4 Å². The summed E-state index contributed by atoms with van der Waals surface area (Å²) in [6.07, 6.45) is 0. The molecule has 0 heterocycles. The molecule has 0 spiro atoms. The number of hydrogen-bond donors (Lipinski definition) is 1. The minimum atomic E-state index is -3.57. The first kappa shape index (κ1) is 14.0. The number of halogens is 1. The van der Waals surface area contributed by atoms with Gasteiger partial charge in [-0.2, -0.15) is 5.26 Å². The van der Waals surface area contributed by atoms with Gasteiger partial charge in [0.1, 0.15) is 0 Å². The molecule has 1 aromatic rings. The quantitative estimate of drug-likeness (QED) is 0.832. The molecule has 0 aliphatic rings. The van der Waals surface area contributed by atoms with E-state index in [1.54, 1.807) is 25.1 Å². The maximum atomic E-state index is 11.9. The van der Waals surface area contributed by atoms with Crippen molar-refractivity contribution in [2.45, 2.75) is 17.7 Å². The van der Waals surface area contributed by atoms with Crippen LogP contribution >= 0.6 is 11.6 Å². The summed E-state index contributed by atoms with van der Waals surface area (Å²) in [5.41, 5.74) is 0.436. The Hall–Kier alpha value is -1.09. The van der Waals surface area contributed by atoms with Crippen molar-refractivity contribution in [1.29, 1.82) is 5.26 Å². The lowest BCUT2D eigenvalue weighted by Gasteiger charge is -2.12. The summed E-state index contributed by atoms with van der Waals surface area (Å²) in [6.45, 7) is 2.00. The van der Waals surface area contributed by atoms with Crippen molar-refractivity contribution >= 4 is 21.6 Å². The van der Waals surface area contributed by atoms with Crippen molar-refractivity contribution in [2.24, 2.45) is 0 Å². The number of hydrogen-bond acceptors (Lipinski definition) is 3. The fourth-order valence-corrected chi connectivity index (χ4v) is 3.02. The van der Waals surface area contributed by atoms with Gasteiger partial charge in [0.05, 0.1) is 16.9 Å². The number of nitrogens with one attached hydrogen (secondary N) is 1. The lowest BCUT2D eigenvalue weighted by Crippen LogP contribution is -2.24. The number of rotatable bonds is 5. The molecular weight excluding hydrogens is 260 g/mol. The Labute approximate surface area is 106 Å². The van der Waals surface area contributed by atoms with Crippen molar-refractivity contribution in [3.8, 4) is 6.07 Å². The van der Waals surface area contributed by atoms with Crippen LogP contribution in [0.4, 0.5) is 0 Å². The fraction of sp³-hybridized carbons (Fsp3) is 0.364. The number of alkyl halides is 1. The Balaban J connectivity index is 3.31. The highest BCUT2D eigenvalue weighted by Crippen LogP contribution is 2.24. The highest BCUT2D eigenvalue weighted by molar-refractivity contribution is 7.89. The van der Waals surface area contributed by atoms with E-state index in [0.29, 0.717) is 12.1 Å². The second kappa shape index (κ2) is 6.01. The van der Waals surface area contributed by atoms with Gasteiger partial charge in [0.25, 0.3) is 0 Å². The highest BCUT2D eigenvalue weighted by Gasteiger charge is 2.21. The zero-order valence-corrected chi connectivity index (χ0v) is 10.9. The van der Waals surface area contributed by atoms with Gasteiger partial charge >= 0.3 is 0 Å². The predicted molar refractivity (Wildman–Crippen MR) is 66.4 cm³/mol. The standard InChI is InChI=1S/C11H13ClN2O2S/c1-2-14-17(15,16)11-6-4-3-5-10(11)9(7-12)8-13/h3-6,9,14H,2,7H2,1H3. The molecule has 1 rings (SSSR count). The van der Waals surface area contributed by atoms with Crippen LogP contribution in [0, 0.1) is 11.3 Å².